The van der Waals surface area contributed by atoms with Crippen LogP contribution in [-0.2, 0) is 11.3 Å². The van der Waals surface area contributed by atoms with Crippen molar-refractivity contribution in [1.82, 2.24) is 30.0 Å². The Balaban J connectivity index is 1.50. The molecule has 1 aliphatic heterocycles. The molecule has 1 amide bonds. The Hall–Kier alpha value is -2.28. The second-order valence-corrected chi connectivity index (χ2v) is 6.94. The number of aromatic nitrogens is 4. The van der Waals surface area contributed by atoms with Gasteiger partial charge in [0, 0.05) is 18.3 Å². The number of likely N-dealkylation sites (tertiary alicyclic amines) is 1. The molecule has 0 spiro atoms. The third-order valence-electron chi connectivity index (χ3n) is 5.51. The molecule has 0 aromatic carbocycles. The van der Waals surface area contributed by atoms with Crippen molar-refractivity contribution < 1.29 is 4.79 Å². The Morgan fingerprint density at radius 3 is 2.72 bits per heavy atom. The summed E-state index contributed by atoms with van der Waals surface area (Å²) >= 11 is 0. The van der Waals surface area contributed by atoms with E-state index in [0.29, 0.717) is 12.4 Å². The number of nitrogens with one attached hydrogen (secondary N) is 1. The molecule has 1 N–H and O–H groups in total. The van der Waals surface area contributed by atoms with E-state index in [1.807, 2.05) is 12.1 Å². The maximum atomic E-state index is 13.1. The molecule has 0 bridgehead atoms. The maximum absolute atomic E-state index is 13.1. The number of nitrogens with zero attached hydrogens (tertiary/aromatic N) is 5. The number of carbonyl (C=O) groups excluding carboxylic acids is 1. The normalized spacial score (nSPS) is 20.0. The molecule has 25 heavy (non-hydrogen) atoms. The summed E-state index contributed by atoms with van der Waals surface area (Å²) in [7, 11) is 0. The predicted molar refractivity (Wildman–Crippen MR) is 93.0 cm³/mol. The van der Waals surface area contributed by atoms with Gasteiger partial charge >= 0.3 is 0 Å². The standard InChI is InChI=1S/C18H24N6O/c25-17(18(7-1-2-8-18)23-10-3-4-11-23)21-12-15-6-5-9-20-16(15)24-14-19-13-22-24/h5-6,9,13-14H,1-4,7-8,10-12H2,(H,21,25). The van der Waals surface area contributed by atoms with Crippen LogP contribution in [0, 0.1) is 0 Å². The zero-order valence-corrected chi connectivity index (χ0v) is 14.4. The van der Waals surface area contributed by atoms with Crippen LogP contribution in [0.5, 0.6) is 0 Å². The van der Waals surface area contributed by atoms with E-state index in [-0.39, 0.29) is 11.4 Å². The summed E-state index contributed by atoms with van der Waals surface area (Å²) < 4.78 is 1.63. The number of hydrogen-bond donors (Lipinski definition) is 1. The largest absolute Gasteiger partial charge is 0.350 e. The molecule has 132 valence electrons. The van der Waals surface area contributed by atoms with Crippen LogP contribution in [0.2, 0.25) is 0 Å². The summed E-state index contributed by atoms with van der Waals surface area (Å²) in [6.45, 7) is 2.55. The van der Waals surface area contributed by atoms with Crippen molar-refractivity contribution >= 4 is 5.91 Å². The van der Waals surface area contributed by atoms with E-state index >= 15 is 0 Å². The monoisotopic (exact) mass is 340 g/mol. The van der Waals surface area contributed by atoms with E-state index in [1.165, 1.54) is 19.2 Å². The second kappa shape index (κ2) is 6.92. The van der Waals surface area contributed by atoms with Crippen molar-refractivity contribution in [2.45, 2.75) is 50.6 Å². The van der Waals surface area contributed by atoms with Gasteiger partial charge in [0.05, 0.1) is 0 Å². The summed E-state index contributed by atoms with van der Waals surface area (Å²) in [5, 5.41) is 7.33. The molecule has 2 aromatic rings. The summed E-state index contributed by atoms with van der Waals surface area (Å²) in [6.07, 6.45) is 11.5. The Labute approximate surface area is 147 Å². The lowest BCUT2D eigenvalue weighted by Crippen LogP contribution is -2.56. The fourth-order valence-corrected chi connectivity index (χ4v) is 4.22. The van der Waals surface area contributed by atoms with Gasteiger partial charge in [-0.1, -0.05) is 18.9 Å². The van der Waals surface area contributed by atoms with Crippen LogP contribution in [0.15, 0.2) is 31.0 Å². The Kier molecular flexibility index (Phi) is 4.48. The van der Waals surface area contributed by atoms with E-state index in [1.54, 1.807) is 17.2 Å². The molecular weight excluding hydrogens is 316 g/mol. The minimum absolute atomic E-state index is 0.167. The summed E-state index contributed by atoms with van der Waals surface area (Å²) in [6, 6.07) is 3.86. The van der Waals surface area contributed by atoms with Crippen LogP contribution in [0.3, 0.4) is 0 Å². The molecule has 1 saturated carbocycles. The highest BCUT2D eigenvalue weighted by molar-refractivity contribution is 5.86. The lowest BCUT2D eigenvalue weighted by molar-refractivity contribution is -0.133. The van der Waals surface area contributed by atoms with E-state index < -0.39 is 0 Å². The van der Waals surface area contributed by atoms with Gasteiger partial charge in [-0.15, -0.1) is 0 Å². The third kappa shape index (κ3) is 3.04. The van der Waals surface area contributed by atoms with Gasteiger partial charge < -0.3 is 5.32 Å². The number of amides is 1. The van der Waals surface area contributed by atoms with E-state index in [2.05, 4.69) is 25.3 Å². The highest BCUT2D eigenvalue weighted by Gasteiger charge is 2.46. The fourth-order valence-electron chi connectivity index (χ4n) is 4.22. The third-order valence-corrected chi connectivity index (χ3v) is 5.51. The van der Waals surface area contributed by atoms with Gasteiger partial charge in [0.1, 0.15) is 18.2 Å². The highest BCUT2D eigenvalue weighted by Crippen LogP contribution is 2.37. The van der Waals surface area contributed by atoms with Crippen LogP contribution in [-0.4, -0.2) is 49.2 Å². The Morgan fingerprint density at radius 2 is 2.00 bits per heavy atom. The second-order valence-electron chi connectivity index (χ2n) is 6.94. The first-order valence-corrected chi connectivity index (χ1v) is 9.12. The van der Waals surface area contributed by atoms with Crippen molar-refractivity contribution in [3.8, 4) is 5.82 Å². The van der Waals surface area contributed by atoms with E-state index in [9.17, 15) is 4.79 Å². The molecule has 1 saturated heterocycles. The van der Waals surface area contributed by atoms with Gasteiger partial charge in [0.25, 0.3) is 0 Å². The van der Waals surface area contributed by atoms with Gasteiger partial charge in [-0.2, -0.15) is 5.10 Å². The predicted octanol–water partition coefficient (Wildman–Crippen LogP) is 1.69. The minimum atomic E-state index is -0.299. The lowest BCUT2D eigenvalue weighted by atomic mass is 9.94. The lowest BCUT2D eigenvalue weighted by Gasteiger charge is -2.37. The topological polar surface area (TPSA) is 75.9 Å². The van der Waals surface area contributed by atoms with Crippen LogP contribution >= 0.6 is 0 Å². The van der Waals surface area contributed by atoms with Crippen molar-refractivity contribution in [2.24, 2.45) is 0 Å². The van der Waals surface area contributed by atoms with Gasteiger partial charge in [-0.05, 0) is 44.8 Å². The summed E-state index contributed by atoms with van der Waals surface area (Å²) in [4.78, 5) is 23.9. The fraction of sp³-hybridized carbons (Fsp3) is 0.556. The Morgan fingerprint density at radius 1 is 1.20 bits per heavy atom. The van der Waals surface area contributed by atoms with Crippen LogP contribution in [0.4, 0.5) is 0 Å². The molecule has 0 atom stereocenters. The average Bonchev–Trinajstić information content (AvgIpc) is 3.42. The summed E-state index contributed by atoms with van der Waals surface area (Å²) in [5.74, 6) is 0.877. The molecule has 1 aliphatic carbocycles. The molecule has 0 radical (unpaired) electrons. The van der Waals surface area contributed by atoms with Crippen LogP contribution in [0.1, 0.15) is 44.1 Å². The first-order valence-electron chi connectivity index (χ1n) is 9.12. The van der Waals surface area contributed by atoms with Crippen molar-refractivity contribution in [3.05, 3.63) is 36.5 Å². The zero-order chi connectivity index (χ0) is 17.1. The Bertz CT molecular complexity index is 717. The minimum Gasteiger partial charge on any atom is -0.350 e. The molecular formula is C18H24N6O. The van der Waals surface area contributed by atoms with E-state index in [4.69, 9.17) is 0 Å². The van der Waals surface area contributed by atoms with Crippen LogP contribution < -0.4 is 5.32 Å². The number of pyridine rings is 1. The van der Waals surface area contributed by atoms with Crippen molar-refractivity contribution in [1.29, 1.82) is 0 Å². The molecule has 2 aromatic heterocycles. The van der Waals surface area contributed by atoms with Gasteiger partial charge in [0.2, 0.25) is 5.91 Å². The average molecular weight is 340 g/mol. The van der Waals surface area contributed by atoms with Crippen LogP contribution in [0.25, 0.3) is 5.82 Å². The SMILES string of the molecule is O=C(NCc1cccnc1-n1cncn1)C1(N2CCCC2)CCCC1. The highest BCUT2D eigenvalue weighted by atomic mass is 16.2. The molecule has 7 nitrogen and oxygen atoms in total. The van der Waals surface area contributed by atoms with Gasteiger partial charge in [0.15, 0.2) is 5.82 Å². The first kappa shape index (κ1) is 16.2. The molecule has 4 rings (SSSR count). The molecule has 2 aliphatic rings. The smallest absolute Gasteiger partial charge is 0.240 e. The maximum Gasteiger partial charge on any atom is 0.240 e. The molecule has 2 fully saturated rings. The molecule has 0 unspecified atom stereocenters. The first-order chi connectivity index (χ1) is 12.3. The summed E-state index contributed by atoms with van der Waals surface area (Å²) in [5.41, 5.74) is 0.641. The van der Waals surface area contributed by atoms with Crippen molar-refractivity contribution in [2.75, 3.05) is 13.1 Å². The number of carbonyl (C=O) groups is 1. The molecule has 3 heterocycles. The van der Waals surface area contributed by atoms with Gasteiger partial charge in [-0.3, -0.25) is 9.69 Å². The van der Waals surface area contributed by atoms with Crippen molar-refractivity contribution in [3.63, 3.8) is 0 Å². The van der Waals surface area contributed by atoms with E-state index in [0.717, 1.165) is 44.3 Å². The quantitative estimate of drug-likeness (QED) is 0.896. The zero-order valence-electron chi connectivity index (χ0n) is 14.4. The number of hydrogen-bond acceptors (Lipinski definition) is 5. The van der Waals surface area contributed by atoms with Gasteiger partial charge in [-0.25, -0.2) is 14.6 Å². The molecule has 7 heteroatoms. The number of rotatable bonds is 5.